The summed E-state index contributed by atoms with van der Waals surface area (Å²) in [5.74, 6) is 1.50. The van der Waals surface area contributed by atoms with Gasteiger partial charge in [0.2, 0.25) is 6.79 Å². The minimum atomic E-state index is -0.253. The quantitative estimate of drug-likeness (QED) is 0.804. The number of aryl methyl sites for hydroxylation is 1. The van der Waals surface area contributed by atoms with Gasteiger partial charge in [0.05, 0.1) is 0 Å². The van der Waals surface area contributed by atoms with E-state index in [1.807, 2.05) is 19.1 Å². The van der Waals surface area contributed by atoms with Gasteiger partial charge < -0.3 is 14.4 Å². The standard InChI is InChI=1S/C11H13NO3S/c1-7-3-9-10(15-6-14-9)4-8(7)5-12(2)11(13)16/h3-4H,5-6H2,1-2H3,(H,13,16). The molecule has 0 spiro atoms. The van der Waals surface area contributed by atoms with Gasteiger partial charge in [-0.05, 0) is 30.2 Å². The highest BCUT2D eigenvalue weighted by atomic mass is 32.1. The highest BCUT2D eigenvalue weighted by Gasteiger charge is 2.16. The van der Waals surface area contributed by atoms with E-state index in [4.69, 9.17) is 9.47 Å². The first-order chi connectivity index (χ1) is 7.58. The molecule has 0 fully saturated rings. The first-order valence-electron chi connectivity index (χ1n) is 4.91. The number of benzene rings is 1. The Morgan fingerprint density at radius 2 is 2.06 bits per heavy atom. The van der Waals surface area contributed by atoms with Crippen molar-refractivity contribution in [1.82, 2.24) is 4.90 Å². The third-order valence-corrected chi connectivity index (χ3v) is 2.91. The zero-order valence-corrected chi connectivity index (χ0v) is 10.1. The fraction of sp³-hybridized carbons (Fsp3) is 0.364. The van der Waals surface area contributed by atoms with E-state index in [1.165, 1.54) is 4.90 Å². The maximum absolute atomic E-state index is 11.0. The molecule has 1 heterocycles. The summed E-state index contributed by atoms with van der Waals surface area (Å²) in [5, 5.41) is -0.253. The highest BCUT2D eigenvalue weighted by Crippen LogP contribution is 2.34. The fourth-order valence-electron chi connectivity index (χ4n) is 1.58. The van der Waals surface area contributed by atoms with Gasteiger partial charge in [0, 0.05) is 13.6 Å². The third-order valence-electron chi connectivity index (χ3n) is 2.57. The number of carbonyl (C=O) groups is 1. The first kappa shape index (κ1) is 11.1. The SMILES string of the molecule is Cc1cc2c(cc1CN(C)C(=O)S)OCO2. The van der Waals surface area contributed by atoms with Gasteiger partial charge in [-0.3, -0.25) is 4.79 Å². The number of hydrogen-bond donors (Lipinski definition) is 1. The Bertz CT molecular complexity index is 433. The van der Waals surface area contributed by atoms with Crippen LogP contribution in [0.3, 0.4) is 0 Å². The molecule has 86 valence electrons. The molecule has 0 saturated heterocycles. The van der Waals surface area contributed by atoms with Gasteiger partial charge in [-0.25, -0.2) is 0 Å². The van der Waals surface area contributed by atoms with Crippen LogP contribution in [0.4, 0.5) is 4.79 Å². The summed E-state index contributed by atoms with van der Waals surface area (Å²) in [7, 11) is 1.71. The lowest BCUT2D eigenvalue weighted by atomic mass is 10.1. The molecule has 4 nitrogen and oxygen atoms in total. The van der Waals surface area contributed by atoms with Gasteiger partial charge >= 0.3 is 0 Å². The van der Waals surface area contributed by atoms with Crippen LogP contribution in [-0.4, -0.2) is 24.0 Å². The lowest BCUT2D eigenvalue weighted by molar-refractivity contribution is 0.174. The summed E-state index contributed by atoms with van der Waals surface area (Å²) in [5.41, 5.74) is 2.11. The van der Waals surface area contributed by atoms with Crippen molar-refractivity contribution in [3.63, 3.8) is 0 Å². The molecule has 0 atom stereocenters. The second-order valence-corrected chi connectivity index (χ2v) is 4.15. The molecule has 1 aliphatic rings. The summed E-state index contributed by atoms with van der Waals surface area (Å²) in [6.07, 6.45) is 0. The van der Waals surface area contributed by atoms with Crippen molar-refractivity contribution in [2.24, 2.45) is 0 Å². The van der Waals surface area contributed by atoms with E-state index in [9.17, 15) is 4.79 Å². The topological polar surface area (TPSA) is 38.8 Å². The van der Waals surface area contributed by atoms with Crippen molar-refractivity contribution in [2.75, 3.05) is 13.8 Å². The predicted octanol–water partition coefficient (Wildman–Crippen LogP) is 2.21. The maximum Gasteiger partial charge on any atom is 0.278 e. The smallest absolute Gasteiger partial charge is 0.278 e. The summed E-state index contributed by atoms with van der Waals surface area (Å²) < 4.78 is 10.6. The third kappa shape index (κ3) is 2.09. The van der Waals surface area contributed by atoms with E-state index in [1.54, 1.807) is 7.05 Å². The molecular formula is C11H13NO3S. The fourth-order valence-corrected chi connectivity index (χ4v) is 1.65. The van der Waals surface area contributed by atoms with Crippen molar-refractivity contribution in [3.05, 3.63) is 23.3 Å². The monoisotopic (exact) mass is 239 g/mol. The van der Waals surface area contributed by atoms with E-state index in [-0.39, 0.29) is 12.0 Å². The van der Waals surface area contributed by atoms with Crippen molar-refractivity contribution < 1.29 is 14.3 Å². The molecule has 0 aliphatic carbocycles. The minimum Gasteiger partial charge on any atom is -0.454 e. The Morgan fingerprint density at radius 3 is 2.69 bits per heavy atom. The van der Waals surface area contributed by atoms with Crippen LogP contribution in [-0.2, 0) is 6.54 Å². The average Bonchev–Trinajstić information content (AvgIpc) is 2.65. The molecule has 2 rings (SSSR count). The van der Waals surface area contributed by atoms with E-state index in [2.05, 4.69) is 12.6 Å². The van der Waals surface area contributed by atoms with Crippen molar-refractivity contribution in [1.29, 1.82) is 0 Å². The molecule has 5 heteroatoms. The summed E-state index contributed by atoms with van der Waals surface area (Å²) in [4.78, 5) is 12.6. The molecular weight excluding hydrogens is 226 g/mol. The van der Waals surface area contributed by atoms with Crippen LogP contribution < -0.4 is 9.47 Å². The molecule has 1 aromatic carbocycles. The number of thiol groups is 1. The zero-order chi connectivity index (χ0) is 11.7. The molecule has 1 amide bonds. The molecule has 0 saturated carbocycles. The molecule has 1 aromatic rings. The molecule has 1 aliphatic heterocycles. The van der Waals surface area contributed by atoms with Crippen molar-refractivity contribution in [3.8, 4) is 11.5 Å². The van der Waals surface area contributed by atoms with Crippen molar-refractivity contribution >= 4 is 17.9 Å². The maximum atomic E-state index is 11.0. The first-order valence-corrected chi connectivity index (χ1v) is 5.36. The van der Waals surface area contributed by atoms with Crippen LogP contribution >= 0.6 is 12.6 Å². The van der Waals surface area contributed by atoms with Gasteiger partial charge in [0.25, 0.3) is 5.24 Å². The number of ether oxygens (including phenoxy) is 2. The minimum absolute atomic E-state index is 0.253. The Hall–Kier alpha value is -1.36. The van der Waals surface area contributed by atoms with Crippen molar-refractivity contribution in [2.45, 2.75) is 13.5 Å². The number of nitrogens with zero attached hydrogens (tertiary/aromatic N) is 1. The Morgan fingerprint density at radius 1 is 1.44 bits per heavy atom. The lowest BCUT2D eigenvalue weighted by Gasteiger charge is -2.16. The Labute approximate surface area is 99.6 Å². The van der Waals surface area contributed by atoms with E-state index in [0.29, 0.717) is 6.54 Å². The molecule has 0 N–H and O–H groups in total. The second-order valence-electron chi connectivity index (χ2n) is 3.77. The van der Waals surface area contributed by atoms with Gasteiger partial charge in [0.15, 0.2) is 11.5 Å². The zero-order valence-electron chi connectivity index (χ0n) is 9.19. The van der Waals surface area contributed by atoms with Crippen LogP contribution in [0.5, 0.6) is 11.5 Å². The van der Waals surface area contributed by atoms with Gasteiger partial charge in [0.1, 0.15) is 0 Å². The van der Waals surface area contributed by atoms with Gasteiger partial charge in [-0.2, -0.15) is 0 Å². The number of carbonyl (C=O) groups excluding carboxylic acids is 1. The second kappa shape index (κ2) is 4.25. The van der Waals surface area contributed by atoms with Gasteiger partial charge in [-0.15, -0.1) is 0 Å². The number of hydrogen-bond acceptors (Lipinski definition) is 3. The number of amides is 1. The highest BCUT2D eigenvalue weighted by molar-refractivity contribution is 7.96. The van der Waals surface area contributed by atoms with Crippen LogP contribution in [0.25, 0.3) is 0 Å². The largest absolute Gasteiger partial charge is 0.454 e. The molecule has 0 bridgehead atoms. The number of fused-ring (bicyclic) bond motifs is 1. The normalized spacial score (nSPS) is 12.7. The van der Waals surface area contributed by atoms with E-state index in [0.717, 1.165) is 22.6 Å². The van der Waals surface area contributed by atoms with E-state index >= 15 is 0 Å². The summed E-state index contributed by atoms with van der Waals surface area (Å²) >= 11 is 3.77. The van der Waals surface area contributed by atoms with Gasteiger partial charge in [-0.1, -0.05) is 12.6 Å². The molecule has 0 radical (unpaired) electrons. The Balaban J connectivity index is 2.25. The lowest BCUT2D eigenvalue weighted by Crippen LogP contribution is -2.20. The van der Waals surface area contributed by atoms with Crippen LogP contribution in [0.15, 0.2) is 12.1 Å². The predicted molar refractivity (Wildman–Crippen MR) is 63.2 cm³/mol. The molecule has 0 aromatic heterocycles. The average molecular weight is 239 g/mol. The van der Waals surface area contributed by atoms with Crippen LogP contribution in [0.1, 0.15) is 11.1 Å². The molecule has 16 heavy (non-hydrogen) atoms. The Kier molecular flexibility index (Phi) is 2.96. The summed E-state index contributed by atoms with van der Waals surface area (Å²) in [6.45, 7) is 2.76. The van der Waals surface area contributed by atoms with E-state index < -0.39 is 0 Å². The van der Waals surface area contributed by atoms with Crippen LogP contribution in [0, 0.1) is 6.92 Å². The molecule has 0 unspecified atom stereocenters. The number of rotatable bonds is 2. The summed E-state index contributed by atoms with van der Waals surface area (Å²) in [6, 6.07) is 3.83. The van der Waals surface area contributed by atoms with Crippen LogP contribution in [0.2, 0.25) is 0 Å².